The summed E-state index contributed by atoms with van der Waals surface area (Å²) in [6.07, 6.45) is 9.44. The van der Waals surface area contributed by atoms with E-state index in [1.807, 2.05) is 48.2 Å². The molecule has 3 aromatic heterocycles. The first kappa shape index (κ1) is 20.9. The van der Waals surface area contributed by atoms with E-state index in [1.165, 1.54) is 0 Å². The van der Waals surface area contributed by atoms with Gasteiger partial charge in [-0.05, 0) is 13.8 Å². The smallest absolute Gasteiger partial charge is 0.134 e. The number of nitrogens with zero attached hydrogens (tertiary/aromatic N) is 8. The van der Waals surface area contributed by atoms with Crippen molar-refractivity contribution >= 4 is 11.6 Å². The van der Waals surface area contributed by atoms with E-state index in [-0.39, 0.29) is 0 Å². The standard InChI is InChI=1S/C22H30N8O2/c1-21(17-10-25-27(3)12-17)14-29(5-7-31-21)19-9-20(24-16-23-19)30-6-8-32-22(2,15-30)18-11-26-28(4)13-18/h9-13,16H,5-8,14-15H2,1-4H3. The molecule has 170 valence electrons. The summed E-state index contributed by atoms with van der Waals surface area (Å²) in [5, 5.41) is 8.64. The molecular weight excluding hydrogens is 408 g/mol. The van der Waals surface area contributed by atoms with Gasteiger partial charge in [-0.3, -0.25) is 9.36 Å². The maximum atomic E-state index is 6.17. The van der Waals surface area contributed by atoms with Crippen LogP contribution in [-0.4, -0.2) is 68.9 Å². The average molecular weight is 439 g/mol. The molecule has 0 bridgehead atoms. The molecule has 5 rings (SSSR count). The summed E-state index contributed by atoms with van der Waals surface area (Å²) >= 11 is 0. The van der Waals surface area contributed by atoms with E-state index in [1.54, 1.807) is 6.33 Å². The molecule has 0 N–H and O–H groups in total. The van der Waals surface area contributed by atoms with Crippen LogP contribution in [0.1, 0.15) is 25.0 Å². The zero-order valence-corrected chi connectivity index (χ0v) is 19.1. The maximum Gasteiger partial charge on any atom is 0.134 e. The first-order chi connectivity index (χ1) is 15.3. The summed E-state index contributed by atoms with van der Waals surface area (Å²) in [6.45, 7) is 8.44. The second kappa shape index (κ2) is 7.86. The Bertz CT molecular complexity index is 1020. The van der Waals surface area contributed by atoms with Gasteiger partial charge in [0.1, 0.15) is 29.2 Å². The Balaban J connectivity index is 1.36. The van der Waals surface area contributed by atoms with Crippen LogP contribution in [0.4, 0.5) is 11.6 Å². The van der Waals surface area contributed by atoms with Crippen molar-refractivity contribution in [3.63, 3.8) is 0 Å². The molecule has 2 aliphatic heterocycles. The van der Waals surface area contributed by atoms with Crippen LogP contribution in [0.15, 0.2) is 37.2 Å². The molecule has 2 unspecified atom stereocenters. The van der Waals surface area contributed by atoms with Gasteiger partial charge in [0, 0.05) is 56.8 Å². The molecular formula is C22H30N8O2. The molecule has 0 spiro atoms. The molecule has 0 amide bonds. The molecule has 10 nitrogen and oxygen atoms in total. The fourth-order valence-electron chi connectivity index (χ4n) is 4.55. The van der Waals surface area contributed by atoms with Crippen LogP contribution in [0.5, 0.6) is 0 Å². The highest BCUT2D eigenvalue weighted by atomic mass is 16.5. The number of morpholine rings is 2. The van der Waals surface area contributed by atoms with Crippen molar-refractivity contribution in [3.8, 4) is 0 Å². The molecule has 0 radical (unpaired) electrons. The average Bonchev–Trinajstić information content (AvgIpc) is 3.43. The lowest BCUT2D eigenvalue weighted by atomic mass is 9.96. The summed E-state index contributed by atoms with van der Waals surface area (Å²) in [5.74, 6) is 1.81. The minimum Gasteiger partial charge on any atom is -0.367 e. The monoisotopic (exact) mass is 438 g/mol. The van der Waals surface area contributed by atoms with Crippen LogP contribution in [-0.2, 0) is 34.8 Å². The molecule has 2 aliphatic rings. The number of hydrogen-bond acceptors (Lipinski definition) is 8. The van der Waals surface area contributed by atoms with Crippen molar-refractivity contribution in [3.05, 3.63) is 48.3 Å². The van der Waals surface area contributed by atoms with Gasteiger partial charge in [0.15, 0.2) is 0 Å². The van der Waals surface area contributed by atoms with Crippen LogP contribution in [0, 0.1) is 0 Å². The molecule has 5 heterocycles. The lowest BCUT2D eigenvalue weighted by Gasteiger charge is -2.42. The van der Waals surface area contributed by atoms with E-state index in [4.69, 9.17) is 9.47 Å². The van der Waals surface area contributed by atoms with Crippen molar-refractivity contribution in [1.29, 1.82) is 0 Å². The molecule has 0 saturated carbocycles. The van der Waals surface area contributed by atoms with Gasteiger partial charge in [0.05, 0.1) is 38.7 Å². The highest BCUT2D eigenvalue weighted by Gasteiger charge is 2.37. The topological polar surface area (TPSA) is 86.4 Å². The predicted octanol–water partition coefficient (Wildman–Crippen LogP) is 1.45. The van der Waals surface area contributed by atoms with Gasteiger partial charge in [-0.25, -0.2) is 9.97 Å². The molecule has 32 heavy (non-hydrogen) atoms. The molecule has 0 aromatic carbocycles. The van der Waals surface area contributed by atoms with E-state index in [9.17, 15) is 0 Å². The van der Waals surface area contributed by atoms with Gasteiger partial charge >= 0.3 is 0 Å². The molecule has 0 aliphatic carbocycles. The maximum absolute atomic E-state index is 6.17. The van der Waals surface area contributed by atoms with Crippen LogP contribution < -0.4 is 9.80 Å². The van der Waals surface area contributed by atoms with Crippen molar-refractivity contribution < 1.29 is 9.47 Å². The quantitative estimate of drug-likeness (QED) is 0.605. The van der Waals surface area contributed by atoms with Gasteiger partial charge in [-0.1, -0.05) is 0 Å². The number of hydrogen-bond donors (Lipinski definition) is 0. The minimum atomic E-state index is -0.435. The lowest BCUT2D eigenvalue weighted by Crippen LogP contribution is -2.49. The van der Waals surface area contributed by atoms with E-state index in [0.717, 1.165) is 35.9 Å². The first-order valence-electron chi connectivity index (χ1n) is 10.9. The SMILES string of the molecule is Cn1cc(C2(C)CN(c3cc(N4CCOC(C)(c5cnn(C)c5)C4)ncn3)CCO2)cn1. The normalized spacial score (nSPS) is 26.5. The van der Waals surface area contributed by atoms with Gasteiger partial charge < -0.3 is 19.3 Å². The minimum absolute atomic E-state index is 0.435. The highest BCUT2D eigenvalue weighted by Crippen LogP contribution is 2.34. The molecule has 2 saturated heterocycles. The van der Waals surface area contributed by atoms with E-state index >= 15 is 0 Å². The van der Waals surface area contributed by atoms with E-state index in [2.05, 4.69) is 49.9 Å². The zero-order chi connectivity index (χ0) is 22.3. The third-order valence-electron chi connectivity index (χ3n) is 6.47. The fraction of sp³-hybridized carbons (Fsp3) is 0.545. The van der Waals surface area contributed by atoms with E-state index < -0.39 is 11.2 Å². The largest absolute Gasteiger partial charge is 0.367 e. The Hall–Kier alpha value is -2.98. The Kier molecular flexibility index (Phi) is 5.13. The second-order valence-electron chi connectivity index (χ2n) is 9.04. The number of rotatable bonds is 4. The highest BCUT2D eigenvalue weighted by molar-refractivity contribution is 5.51. The lowest BCUT2D eigenvalue weighted by molar-refractivity contribution is -0.0470. The summed E-state index contributed by atoms with van der Waals surface area (Å²) < 4.78 is 16.0. The van der Waals surface area contributed by atoms with Gasteiger partial charge in [0.25, 0.3) is 0 Å². The summed E-state index contributed by atoms with van der Waals surface area (Å²) in [4.78, 5) is 13.7. The van der Waals surface area contributed by atoms with Gasteiger partial charge in [-0.15, -0.1) is 0 Å². The van der Waals surface area contributed by atoms with Crippen LogP contribution >= 0.6 is 0 Å². The Morgan fingerprint density at radius 2 is 1.25 bits per heavy atom. The summed E-state index contributed by atoms with van der Waals surface area (Å²) in [5.41, 5.74) is 1.27. The Labute approximate surface area is 187 Å². The molecule has 10 heteroatoms. The number of ether oxygens (including phenoxy) is 2. The summed E-state index contributed by atoms with van der Waals surface area (Å²) in [7, 11) is 3.84. The fourth-order valence-corrected chi connectivity index (χ4v) is 4.55. The third kappa shape index (κ3) is 3.84. The number of anilines is 2. The zero-order valence-electron chi connectivity index (χ0n) is 19.1. The van der Waals surface area contributed by atoms with Crippen molar-refractivity contribution in [2.75, 3.05) is 49.2 Å². The molecule has 2 fully saturated rings. The summed E-state index contributed by atoms with van der Waals surface area (Å²) in [6, 6.07) is 2.07. The van der Waals surface area contributed by atoms with Crippen LogP contribution in [0.2, 0.25) is 0 Å². The Morgan fingerprint density at radius 1 is 0.781 bits per heavy atom. The van der Waals surface area contributed by atoms with Crippen molar-refractivity contribution in [2.45, 2.75) is 25.0 Å². The Morgan fingerprint density at radius 3 is 1.66 bits per heavy atom. The van der Waals surface area contributed by atoms with Crippen molar-refractivity contribution in [2.24, 2.45) is 14.1 Å². The molecule has 3 aromatic rings. The number of aromatic nitrogens is 6. The number of aryl methyl sites for hydroxylation is 2. The first-order valence-corrected chi connectivity index (χ1v) is 10.9. The van der Waals surface area contributed by atoms with Crippen molar-refractivity contribution in [1.82, 2.24) is 29.5 Å². The predicted molar refractivity (Wildman–Crippen MR) is 119 cm³/mol. The van der Waals surface area contributed by atoms with Gasteiger partial charge in [0.2, 0.25) is 0 Å². The van der Waals surface area contributed by atoms with Crippen LogP contribution in [0.3, 0.4) is 0 Å². The van der Waals surface area contributed by atoms with Gasteiger partial charge in [-0.2, -0.15) is 10.2 Å². The third-order valence-corrected chi connectivity index (χ3v) is 6.47. The second-order valence-corrected chi connectivity index (χ2v) is 9.04. The van der Waals surface area contributed by atoms with E-state index in [0.29, 0.717) is 26.3 Å². The molecule has 2 atom stereocenters. The van der Waals surface area contributed by atoms with Crippen LogP contribution in [0.25, 0.3) is 0 Å².